The molecule has 1 aromatic heterocycles. The van der Waals surface area contributed by atoms with Crippen LogP contribution in [0.5, 0.6) is 11.5 Å². The molecule has 3 aromatic rings. The lowest BCUT2D eigenvalue weighted by Crippen LogP contribution is -2.14. The monoisotopic (exact) mass is 435 g/mol. The van der Waals surface area contributed by atoms with Crippen LogP contribution in [0.4, 0.5) is 5.82 Å². The number of rotatable bonds is 6. The van der Waals surface area contributed by atoms with Crippen molar-refractivity contribution < 1.29 is 14.3 Å². The molecule has 0 aliphatic carbocycles. The van der Waals surface area contributed by atoms with Crippen LogP contribution in [0.3, 0.4) is 0 Å². The fraction of sp³-hybridized carbons (Fsp3) is 0.250. The summed E-state index contributed by atoms with van der Waals surface area (Å²) >= 11 is 1.81. The molecule has 2 heterocycles. The molecule has 0 unspecified atom stereocenters. The molecular weight excluding hydrogens is 410 g/mol. The Kier molecular flexibility index (Phi) is 6.04. The first kappa shape index (κ1) is 21.1. The van der Waals surface area contributed by atoms with Gasteiger partial charge in [0.15, 0.2) is 11.5 Å². The van der Waals surface area contributed by atoms with Crippen molar-refractivity contribution in [3.8, 4) is 17.2 Å². The summed E-state index contributed by atoms with van der Waals surface area (Å²) in [6.45, 7) is 4.13. The van der Waals surface area contributed by atoms with Gasteiger partial charge in [-0.1, -0.05) is 23.8 Å². The van der Waals surface area contributed by atoms with Crippen LogP contribution in [-0.2, 0) is 16.3 Å². The van der Waals surface area contributed by atoms with E-state index in [4.69, 9.17) is 14.6 Å². The average Bonchev–Trinajstić information content (AvgIpc) is 3.35. The molecule has 6 nitrogen and oxygen atoms in total. The van der Waals surface area contributed by atoms with Crippen LogP contribution >= 0.6 is 11.8 Å². The summed E-state index contributed by atoms with van der Waals surface area (Å²) < 4.78 is 12.5. The van der Waals surface area contributed by atoms with E-state index in [0.717, 1.165) is 45.4 Å². The fourth-order valence-corrected chi connectivity index (χ4v) is 4.68. The summed E-state index contributed by atoms with van der Waals surface area (Å²) in [6, 6.07) is 11.8. The predicted octanol–water partition coefficient (Wildman–Crippen LogP) is 4.91. The number of nitrogens with one attached hydrogen (secondary N) is 1. The fourth-order valence-electron chi connectivity index (χ4n) is 3.65. The molecule has 31 heavy (non-hydrogen) atoms. The van der Waals surface area contributed by atoms with Crippen molar-refractivity contribution in [3.63, 3.8) is 0 Å². The number of hydrogen-bond acceptors (Lipinski definition) is 5. The molecule has 0 radical (unpaired) electrons. The van der Waals surface area contributed by atoms with Gasteiger partial charge in [-0.25, -0.2) is 4.68 Å². The summed E-state index contributed by atoms with van der Waals surface area (Å²) in [6.07, 6.45) is 3.28. The average molecular weight is 436 g/mol. The normalized spacial score (nSPS) is 12.8. The molecule has 1 aliphatic heterocycles. The quantitative estimate of drug-likeness (QED) is 0.558. The first-order valence-corrected chi connectivity index (χ1v) is 11.1. The summed E-state index contributed by atoms with van der Waals surface area (Å²) in [5, 5.41) is 7.85. The Balaban J connectivity index is 1.61. The van der Waals surface area contributed by atoms with Gasteiger partial charge in [0.25, 0.3) is 0 Å². The molecule has 7 heteroatoms. The van der Waals surface area contributed by atoms with Crippen LogP contribution in [0.25, 0.3) is 11.8 Å². The number of carbonyl (C=O) groups is 1. The Morgan fingerprint density at radius 1 is 1.10 bits per heavy atom. The predicted molar refractivity (Wildman–Crippen MR) is 125 cm³/mol. The molecule has 4 rings (SSSR count). The van der Waals surface area contributed by atoms with E-state index in [2.05, 4.69) is 37.4 Å². The Morgan fingerprint density at radius 3 is 2.65 bits per heavy atom. The number of fused-ring (bicyclic) bond motifs is 1. The van der Waals surface area contributed by atoms with E-state index in [9.17, 15) is 4.79 Å². The highest BCUT2D eigenvalue weighted by Crippen LogP contribution is 2.36. The van der Waals surface area contributed by atoms with Gasteiger partial charge in [0.2, 0.25) is 5.91 Å². The van der Waals surface area contributed by atoms with E-state index in [1.165, 1.54) is 11.6 Å². The number of aromatic nitrogens is 2. The largest absolute Gasteiger partial charge is 0.493 e. The molecule has 0 saturated heterocycles. The first-order chi connectivity index (χ1) is 15.0. The highest BCUT2D eigenvalue weighted by Gasteiger charge is 2.24. The Bertz CT molecular complexity index is 1170. The molecule has 0 bridgehead atoms. The standard InChI is InChI=1S/C24H25N3O3S/c1-15-5-8-20(16(2)11-15)27-24(18-13-31-14-19(18)26-27)25-23(28)10-7-17-6-9-21(29-3)22(12-17)30-4/h5-12H,13-14H2,1-4H3,(H,25,28)/b10-7+. The molecule has 1 aliphatic rings. The van der Waals surface area contributed by atoms with E-state index >= 15 is 0 Å². The minimum Gasteiger partial charge on any atom is -0.493 e. The zero-order valence-electron chi connectivity index (χ0n) is 18.1. The number of methoxy groups -OCH3 is 2. The summed E-state index contributed by atoms with van der Waals surface area (Å²) in [7, 11) is 3.18. The second-order valence-electron chi connectivity index (χ2n) is 7.41. The van der Waals surface area contributed by atoms with Gasteiger partial charge in [0, 0.05) is 23.1 Å². The van der Waals surface area contributed by atoms with Crippen molar-refractivity contribution in [3.05, 3.63) is 70.4 Å². The van der Waals surface area contributed by atoms with Crippen molar-refractivity contribution in [2.45, 2.75) is 25.4 Å². The molecule has 1 N–H and O–H groups in total. The van der Waals surface area contributed by atoms with Gasteiger partial charge in [0.1, 0.15) is 5.82 Å². The number of carbonyl (C=O) groups excluding carboxylic acids is 1. The van der Waals surface area contributed by atoms with Crippen molar-refractivity contribution in [1.82, 2.24) is 9.78 Å². The third-order valence-corrected chi connectivity index (χ3v) is 6.18. The maximum Gasteiger partial charge on any atom is 0.249 e. The Hall–Kier alpha value is -3.19. The molecule has 0 fully saturated rings. The van der Waals surface area contributed by atoms with Gasteiger partial charge in [0.05, 0.1) is 25.6 Å². The van der Waals surface area contributed by atoms with E-state index in [0.29, 0.717) is 11.5 Å². The first-order valence-electron chi connectivity index (χ1n) is 9.97. The topological polar surface area (TPSA) is 65.4 Å². The third kappa shape index (κ3) is 4.32. The third-order valence-electron chi connectivity index (χ3n) is 5.21. The maximum atomic E-state index is 12.8. The van der Waals surface area contributed by atoms with E-state index < -0.39 is 0 Å². The van der Waals surface area contributed by atoms with Crippen LogP contribution in [0.2, 0.25) is 0 Å². The second kappa shape index (κ2) is 8.89. The molecule has 2 aromatic carbocycles. The van der Waals surface area contributed by atoms with E-state index in [1.54, 1.807) is 20.3 Å². The number of thioether (sulfide) groups is 1. The minimum atomic E-state index is -0.208. The SMILES string of the molecule is COc1ccc(/C=C/C(=O)Nc2c3c(nn2-c2ccc(C)cc2C)CSC3)cc1OC. The van der Waals surface area contributed by atoms with Crippen LogP contribution in [0.1, 0.15) is 27.9 Å². The van der Waals surface area contributed by atoms with Crippen molar-refractivity contribution in [1.29, 1.82) is 0 Å². The molecular formula is C24H25N3O3S. The molecule has 160 valence electrons. The van der Waals surface area contributed by atoms with Gasteiger partial charge in [-0.05, 0) is 49.2 Å². The number of nitrogens with zero attached hydrogens (tertiary/aromatic N) is 2. The van der Waals surface area contributed by atoms with Crippen molar-refractivity contribution in [2.24, 2.45) is 0 Å². The van der Waals surface area contributed by atoms with Crippen LogP contribution in [0, 0.1) is 13.8 Å². The highest BCUT2D eigenvalue weighted by molar-refractivity contribution is 7.98. The summed E-state index contributed by atoms with van der Waals surface area (Å²) in [5.41, 5.74) is 6.26. The number of aryl methyl sites for hydroxylation is 2. The lowest BCUT2D eigenvalue weighted by molar-refractivity contribution is -0.111. The highest BCUT2D eigenvalue weighted by atomic mass is 32.2. The maximum absolute atomic E-state index is 12.8. The Labute approximate surface area is 186 Å². The lowest BCUT2D eigenvalue weighted by Gasteiger charge is -2.12. The lowest BCUT2D eigenvalue weighted by atomic mass is 10.1. The number of ether oxygens (including phenoxy) is 2. The number of amides is 1. The van der Waals surface area contributed by atoms with Gasteiger partial charge in [-0.3, -0.25) is 4.79 Å². The van der Waals surface area contributed by atoms with Crippen LogP contribution < -0.4 is 14.8 Å². The molecule has 1 amide bonds. The molecule has 0 saturated carbocycles. The minimum absolute atomic E-state index is 0.208. The molecule has 0 spiro atoms. The van der Waals surface area contributed by atoms with Gasteiger partial charge in [-0.15, -0.1) is 0 Å². The summed E-state index contributed by atoms with van der Waals surface area (Å²) in [4.78, 5) is 12.8. The zero-order chi connectivity index (χ0) is 22.0. The van der Waals surface area contributed by atoms with Gasteiger partial charge >= 0.3 is 0 Å². The smallest absolute Gasteiger partial charge is 0.249 e. The Morgan fingerprint density at radius 2 is 1.90 bits per heavy atom. The summed E-state index contributed by atoms with van der Waals surface area (Å²) in [5.74, 6) is 3.50. The number of anilines is 1. The van der Waals surface area contributed by atoms with E-state index in [1.807, 2.05) is 34.6 Å². The van der Waals surface area contributed by atoms with Crippen molar-refractivity contribution in [2.75, 3.05) is 19.5 Å². The van der Waals surface area contributed by atoms with Gasteiger partial charge in [-0.2, -0.15) is 16.9 Å². The van der Waals surface area contributed by atoms with Crippen LogP contribution in [0.15, 0.2) is 42.5 Å². The van der Waals surface area contributed by atoms with Crippen molar-refractivity contribution >= 4 is 29.6 Å². The second-order valence-corrected chi connectivity index (χ2v) is 8.39. The number of hydrogen-bond donors (Lipinski definition) is 1. The molecule has 0 atom stereocenters. The van der Waals surface area contributed by atoms with Gasteiger partial charge < -0.3 is 14.8 Å². The zero-order valence-corrected chi connectivity index (χ0v) is 18.9. The van der Waals surface area contributed by atoms with Crippen LogP contribution in [-0.4, -0.2) is 29.9 Å². The number of benzene rings is 2. The van der Waals surface area contributed by atoms with E-state index in [-0.39, 0.29) is 5.91 Å².